The SMILES string of the molecule is COc1cccc2c1Oc1c(cccc1C(=O)NCCN(C)C)O2. The summed E-state index contributed by atoms with van der Waals surface area (Å²) >= 11 is 0. The van der Waals surface area contributed by atoms with Crippen LogP contribution in [0.1, 0.15) is 10.4 Å². The standard InChI is InChI=1S/C18H20N2O4/c1-20(2)11-10-19-18(21)12-6-4-8-14-16(12)24-17-13(22-3)7-5-9-15(17)23-14/h4-9H,10-11H2,1-3H3,(H,19,21). The van der Waals surface area contributed by atoms with Crippen LogP contribution in [0.5, 0.6) is 28.7 Å². The molecular formula is C18H20N2O4. The summed E-state index contributed by atoms with van der Waals surface area (Å²) < 4.78 is 17.1. The van der Waals surface area contributed by atoms with Gasteiger partial charge >= 0.3 is 0 Å². The number of carbonyl (C=O) groups is 1. The molecular weight excluding hydrogens is 308 g/mol. The third-order valence-corrected chi connectivity index (χ3v) is 3.65. The fraction of sp³-hybridized carbons (Fsp3) is 0.278. The molecule has 126 valence electrons. The lowest BCUT2D eigenvalue weighted by Gasteiger charge is -2.23. The second-order valence-electron chi connectivity index (χ2n) is 5.68. The highest BCUT2D eigenvalue weighted by atomic mass is 16.6. The zero-order chi connectivity index (χ0) is 17.1. The number of carbonyl (C=O) groups excluding carboxylic acids is 1. The fourth-order valence-corrected chi connectivity index (χ4v) is 2.43. The minimum absolute atomic E-state index is 0.198. The van der Waals surface area contributed by atoms with Crippen molar-refractivity contribution >= 4 is 5.91 Å². The zero-order valence-corrected chi connectivity index (χ0v) is 14.0. The first kappa shape index (κ1) is 16.1. The van der Waals surface area contributed by atoms with Crippen molar-refractivity contribution in [2.45, 2.75) is 0 Å². The van der Waals surface area contributed by atoms with Gasteiger partial charge in [-0.05, 0) is 38.4 Å². The van der Waals surface area contributed by atoms with E-state index in [4.69, 9.17) is 14.2 Å². The van der Waals surface area contributed by atoms with Crippen molar-refractivity contribution in [2.24, 2.45) is 0 Å². The normalized spacial score (nSPS) is 11.8. The van der Waals surface area contributed by atoms with Crippen LogP contribution in [0.15, 0.2) is 36.4 Å². The summed E-state index contributed by atoms with van der Waals surface area (Å²) in [5.74, 6) is 2.30. The van der Waals surface area contributed by atoms with Crippen molar-refractivity contribution in [1.29, 1.82) is 0 Å². The van der Waals surface area contributed by atoms with E-state index in [9.17, 15) is 4.79 Å². The van der Waals surface area contributed by atoms with Gasteiger partial charge in [0.1, 0.15) is 0 Å². The van der Waals surface area contributed by atoms with Gasteiger partial charge in [-0.1, -0.05) is 12.1 Å². The number of hydrogen-bond acceptors (Lipinski definition) is 5. The molecule has 1 N–H and O–H groups in total. The monoisotopic (exact) mass is 328 g/mol. The van der Waals surface area contributed by atoms with Gasteiger partial charge in [-0.2, -0.15) is 0 Å². The third kappa shape index (κ3) is 3.14. The average Bonchev–Trinajstić information content (AvgIpc) is 2.58. The lowest BCUT2D eigenvalue weighted by Crippen LogP contribution is -2.31. The summed E-state index contributed by atoms with van der Waals surface area (Å²) in [5, 5.41) is 2.89. The van der Waals surface area contributed by atoms with Gasteiger partial charge in [-0.15, -0.1) is 0 Å². The molecule has 1 aliphatic heterocycles. The van der Waals surface area contributed by atoms with Crippen LogP contribution in [-0.4, -0.2) is 45.1 Å². The van der Waals surface area contributed by atoms with Crippen molar-refractivity contribution in [1.82, 2.24) is 10.2 Å². The molecule has 0 atom stereocenters. The number of likely N-dealkylation sites (N-methyl/N-ethyl adjacent to an activating group) is 1. The quantitative estimate of drug-likeness (QED) is 0.780. The Morgan fingerprint density at radius 3 is 2.50 bits per heavy atom. The molecule has 0 spiro atoms. The average molecular weight is 328 g/mol. The highest BCUT2D eigenvalue weighted by molar-refractivity contribution is 5.98. The van der Waals surface area contributed by atoms with Gasteiger partial charge in [0.25, 0.3) is 5.91 Å². The number of nitrogens with zero attached hydrogens (tertiary/aromatic N) is 1. The molecule has 0 radical (unpaired) electrons. The molecule has 6 nitrogen and oxygen atoms in total. The second-order valence-corrected chi connectivity index (χ2v) is 5.68. The van der Waals surface area contributed by atoms with Gasteiger partial charge in [0.15, 0.2) is 23.0 Å². The van der Waals surface area contributed by atoms with Gasteiger partial charge in [-0.3, -0.25) is 4.79 Å². The van der Waals surface area contributed by atoms with Crippen molar-refractivity contribution in [3.05, 3.63) is 42.0 Å². The summed E-state index contributed by atoms with van der Waals surface area (Å²) in [6, 6.07) is 10.7. The van der Waals surface area contributed by atoms with E-state index in [1.165, 1.54) is 0 Å². The first-order valence-electron chi connectivity index (χ1n) is 7.69. The van der Waals surface area contributed by atoms with E-state index in [0.717, 1.165) is 6.54 Å². The Labute approximate surface area is 140 Å². The fourth-order valence-electron chi connectivity index (χ4n) is 2.43. The number of ether oxygens (including phenoxy) is 3. The van der Waals surface area contributed by atoms with Gasteiger partial charge in [0.2, 0.25) is 5.75 Å². The molecule has 1 aliphatic rings. The van der Waals surface area contributed by atoms with Crippen LogP contribution in [0.4, 0.5) is 0 Å². The summed E-state index contributed by atoms with van der Waals surface area (Å²) in [4.78, 5) is 14.5. The molecule has 2 aromatic rings. The predicted molar refractivity (Wildman–Crippen MR) is 90.5 cm³/mol. The molecule has 0 aliphatic carbocycles. The van der Waals surface area contributed by atoms with Crippen LogP contribution in [0.25, 0.3) is 0 Å². The molecule has 0 fully saturated rings. The molecule has 3 rings (SSSR count). The number of fused-ring (bicyclic) bond motifs is 2. The minimum Gasteiger partial charge on any atom is -0.493 e. The molecule has 0 saturated heterocycles. The van der Waals surface area contributed by atoms with E-state index in [0.29, 0.717) is 40.9 Å². The molecule has 24 heavy (non-hydrogen) atoms. The number of methoxy groups -OCH3 is 1. The van der Waals surface area contributed by atoms with E-state index in [2.05, 4.69) is 5.32 Å². The maximum absolute atomic E-state index is 12.5. The summed E-state index contributed by atoms with van der Waals surface area (Å²) in [6.45, 7) is 1.31. The smallest absolute Gasteiger partial charge is 0.255 e. The lowest BCUT2D eigenvalue weighted by molar-refractivity contribution is 0.0947. The van der Waals surface area contributed by atoms with Gasteiger partial charge in [0.05, 0.1) is 12.7 Å². The molecule has 1 amide bonds. The van der Waals surface area contributed by atoms with E-state index in [-0.39, 0.29) is 5.91 Å². The van der Waals surface area contributed by atoms with E-state index in [1.54, 1.807) is 37.4 Å². The van der Waals surface area contributed by atoms with Gasteiger partial charge < -0.3 is 24.4 Å². The van der Waals surface area contributed by atoms with E-state index in [1.807, 2.05) is 25.1 Å². The van der Waals surface area contributed by atoms with Crippen molar-refractivity contribution in [2.75, 3.05) is 34.3 Å². The van der Waals surface area contributed by atoms with Gasteiger partial charge in [-0.25, -0.2) is 0 Å². The third-order valence-electron chi connectivity index (χ3n) is 3.65. The summed E-state index contributed by atoms with van der Waals surface area (Å²) in [6.07, 6.45) is 0. The molecule has 6 heteroatoms. The second kappa shape index (κ2) is 6.80. The molecule has 0 bridgehead atoms. The lowest BCUT2D eigenvalue weighted by atomic mass is 10.1. The first-order chi connectivity index (χ1) is 11.6. The van der Waals surface area contributed by atoms with E-state index >= 15 is 0 Å². The first-order valence-corrected chi connectivity index (χ1v) is 7.69. The zero-order valence-electron chi connectivity index (χ0n) is 14.0. The Bertz CT molecular complexity index is 759. The van der Waals surface area contributed by atoms with Crippen molar-refractivity contribution in [3.63, 3.8) is 0 Å². The summed E-state index contributed by atoms with van der Waals surface area (Å²) in [5.41, 5.74) is 0.433. The van der Waals surface area contributed by atoms with Crippen LogP contribution >= 0.6 is 0 Å². The van der Waals surface area contributed by atoms with Crippen LogP contribution in [-0.2, 0) is 0 Å². The Hall–Kier alpha value is -2.73. The number of hydrogen-bond donors (Lipinski definition) is 1. The van der Waals surface area contributed by atoms with Crippen LogP contribution in [0.3, 0.4) is 0 Å². The Kier molecular flexibility index (Phi) is 4.57. The number of rotatable bonds is 5. The van der Waals surface area contributed by atoms with Crippen molar-refractivity contribution in [3.8, 4) is 28.7 Å². The Balaban J connectivity index is 1.87. The molecule has 0 aromatic heterocycles. The maximum Gasteiger partial charge on any atom is 0.255 e. The highest BCUT2D eigenvalue weighted by Crippen LogP contribution is 2.50. The number of nitrogens with one attached hydrogen (secondary N) is 1. The topological polar surface area (TPSA) is 60.0 Å². The van der Waals surface area contributed by atoms with Crippen LogP contribution < -0.4 is 19.5 Å². The maximum atomic E-state index is 12.5. The van der Waals surface area contributed by atoms with Crippen molar-refractivity contribution < 1.29 is 19.0 Å². The largest absolute Gasteiger partial charge is 0.493 e. The Morgan fingerprint density at radius 1 is 1.08 bits per heavy atom. The number of amides is 1. The Morgan fingerprint density at radius 2 is 1.79 bits per heavy atom. The number of benzene rings is 2. The molecule has 0 unspecified atom stereocenters. The minimum atomic E-state index is -0.198. The predicted octanol–water partition coefficient (Wildman–Crippen LogP) is 2.88. The molecule has 0 saturated carbocycles. The summed E-state index contributed by atoms with van der Waals surface area (Å²) in [7, 11) is 5.47. The van der Waals surface area contributed by atoms with Gasteiger partial charge in [0, 0.05) is 13.1 Å². The van der Waals surface area contributed by atoms with Crippen LogP contribution in [0.2, 0.25) is 0 Å². The molecule has 1 heterocycles. The van der Waals surface area contributed by atoms with Crippen LogP contribution in [0, 0.1) is 0 Å². The van der Waals surface area contributed by atoms with E-state index < -0.39 is 0 Å². The highest BCUT2D eigenvalue weighted by Gasteiger charge is 2.26. The molecule has 2 aromatic carbocycles. The number of para-hydroxylation sites is 2.